The molecular formula is C15H13BrN2O3. The summed E-state index contributed by atoms with van der Waals surface area (Å²) in [6.45, 7) is 1.80. The monoisotopic (exact) mass is 348 g/mol. The average Bonchev–Trinajstić information content (AvgIpc) is 2.41. The summed E-state index contributed by atoms with van der Waals surface area (Å²) in [5.74, 6) is -1.52. The number of amides is 1. The minimum atomic E-state index is -1.13. The van der Waals surface area contributed by atoms with E-state index in [9.17, 15) is 9.59 Å². The maximum atomic E-state index is 12.3. The van der Waals surface area contributed by atoms with Gasteiger partial charge in [-0.1, -0.05) is 22.0 Å². The van der Waals surface area contributed by atoms with Crippen molar-refractivity contribution in [2.75, 3.05) is 11.1 Å². The first-order chi connectivity index (χ1) is 9.88. The van der Waals surface area contributed by atoms with Gasteiger partial charge in [-0.2, -0.15) is 0 Å². The molecule has 6 heteroatoms. The minimum absolute atomic E-state index is 0.00907. The highest BCUT2D eigenvalue weighted by atomic mass is 79.9. The molecule has 0 heterocycles. The lowest BCUT2D eigenvalue weighted by Crippen LogP contribution is -2.16. The molecule has 0 spiro atoms. The fourth-order valence-electron chi connectivity index (χ4n) is 1.88. The molecule has 0 saturated heterocycles. The number of anilines is 2. The quantitative estimate of drug-likeness (QED) is 0.742. The smallest absolute Gasteiger partial charge is 0.337 e. The van der Waals surface area contributed by atoms with Crippen molar-refractivity contribution in [2.45, 2.75) is 6.92 Å². The number of carbonyl (C=O) groups excluding carboxylic acids is 1. The van der Waals surface area contributed by atoms with Gasteiger partial charge in [0.15, 0.2) is 0 Å². The van der Waals surface area contributed by atoms with Crippen LogP contribution < -0.4 is 11.1 Å². The fraction of sp³-hybridized carbons (Fsp3) is 0.0667. The molecule has 2 aromatic carbocycles. The Morgan fingerprint density at radius 2 is 1.86 bits per heavy atom. The predicted octanol–water partition coefficient (Wildman–Crippen LogP) is 3.29. The lowest BCUT2D eigenvalue weighted by Gasteiger charge is -2.11. The van der Waals surface area contributed by atoms with Crippen molar-refractivity contribution in [3.63, 3.8) is 0 Å². The number of nitrogen functional groups attached to an aromatic ring is 1. The van der Waals surface area contributed by atoms with E-state index in [4.69, 9.17) is 10.8 Å². The highest BCUT2D eigenvalue weighted by Crippen LogP contribution is 2.22. The molecule has 2 aromatic rings. The summed E-state index contributed by atoms with van der Waals surface area (Å²) < 4.78 is 0.768. The van der Waals surface area contributed by atoms with Crippen LogP contribution in [0, 0.1) is 6.92 Å². The van der Waals surface area contributed by atoms with Crippen LogP contribution in [0.2, 0.25) is 0 Å². The van der Waals surface area contributed by atoms with E-state index < -0.39 is 5.97 Å². The molecule has 4 N–H and O–H groups in total. The Morgan fingerprint density at radius 1 is 1.14 bits per heavy atom. The number of hydrogen-bond acceptors (Lipinski definition) is 3. The van der Waals surface area contributed by atoms with Crippen LogP contribution in [0.4, 0.5) is 11.4 Å². The van der Waals surface area contributed by atoms with Gasteiger partial charge in [-0.05, 0) is 42.8 Å². The van der Waals surface area contributed by atoms with Crippen molar-refractivity contribution < 1.29 is 14.7 Å². The molecule has 0 aliphatic heterocycles. The number of nitrogens with one attached hydrogen (secondary N) is 1. The summed E-state index contributed by atoms with van der Waals surface area (Å²) in [5.41, 5.74) is 7.43. The molecule has 0 aromatic heterocycles. The SMILES string of the molecule is Cc1ccc(Br)cc1C(=O)Nc1cc(N)ccc1C(=O)O. The predicted molar refractivity (Wildman–Crippen MR) is 84.6 cm³/mol. The Balaban J connectivity index is 2.38. The molecule has 21 heavy (non-hydrogen) atoms. The molecule has 0 fully saturated rings. The van der Waals surface area contributed by atoms with E-state index in [1.807, 2.05) is 6.07 Å². The summed E-state index contributed by atoms with van der Waals surface area (Å²) in [6.07, 6.45) is 0. The topological polar surface area (TPSA) is 92.4 Å². The molecule has 0 radical (unpaired) electrons. The van der Waals surface area contributed by atoms with Gasteiger partial charge in [-0.25, -0.2) is 4.79 Å². The van der Waals surface area contributed by atoms with Crippen LogP contribution in [0.1, 0.15) is 26.3 Å². The van der Waals surface area contributed by atoms with Crippen molar-refractivity contribution in [1.29, 1.82) is 0 Å². The van der Waals surface area contributed by atoms with Gasteiger partial charge in [0.25, 0.3) is 5.91 Å². The summed E-state index contributed by atoms with van der Waals surface area (Å²) >= 11 is 3.31. The molecule has 2 rings (SSSR count). The third kappa shape index (κ3) is 3.41. The first-order valence-corrected chi connectivity index (χ1v) is 6.88. The average molecular weight is 349 g/mol. The minimum Gasteiger partial charge on any atom is -0.478 e. The van der Waals surface area contributed by atoms with Crippen LogP contribution in [0.25, 0.3) is 0 Å². The number of rotatable bonds is 3. The third-order valence-corrected chi connectivity index (χ3v) is 3.46. The second-order valence-electron chi connectivity index (χ2n) is 4.52. The summed E-state index contributed by atoms with van der Waals surface area (Å²) in [4.78, 5) is 23.5. The van der Waals surface area contributed by atoms with E-state index in [1.54, 1.807) is 19.1 Å². The van der Waals surface area contributed by atoms with E-state index in [0.29, 0.717) is 11.3 Å². The highest BCUT2D eigenvalue weighted by Gasteiger charge is 2.15. The van der Waals surface area contributed by atoms with Gasteiger partial charge in [0.1, 0.15) is 0 Å². The largest absolute Gasteiger partial charge is 0.478 e. The Labute approximate surface area is 129 Å². The molecule has 1 amide bonds. The van der Waals surface area contributed by atoms with E-state index in [1.165, 1.54) is 18.2 Å². The number of hydrogen-bond donors (Lipinski definition) is 3. The summed E-state index contributed by atoms with van der Waals surface area (Å²) in [5, 5.41) is 11.7. The number of carboxylic acid groups (broad SMARTS) is 1. The van der Waals surface area contributed by atoms with Gasteiger partial charge in [-0.15, -0.1) is 0 Å². The summed E-state index contributed by atoms with van der Waals surface area (Å²) in [6, 6.07) is 9.57. The molecule has 0 atom stereocenters. The third-order valence-electron chi connectivity index (χ3n) is 2.97. The zero-order valence-corrected chi connectivity index (χ0v) is 12.8. The van der Waals surface area contributed by atoms with Crippen LogP contribution in [0.15, 0.2) is 40.9 Å². The zero-order chi connectivity index (χ0) is 15.6. The molecule has 5 nitrogen and oxygen atoms in total. The number of carbonyl (C=O) groups is 2. The Bertz CT molecular complexity index is 729. The normalized spacial score (nSPS) is 10.2. The highest BCUT2D eigenvalue weighted by molar-refractivity contribution is 9.10. The van der Waals surface area contributed by atoms with Crippen molar-refractivity contribution in [3.05, 3.63) is 57.6 Å². The summed E-state index contributed by atoms with van der Waals surface area (Å²) in [7, 11) is 0. The number of benzene rings is 2. The molecular weight excluding hydrogens is 336 g/mol. The van der Waals surface area contributed by atoms with E-state index >= 15 is 0 Å². The number of nitrogens with two attached hydrogens (primary N) is 1. The molecule has 0 bridgehead atoms. The van der Waals surface area contributed by atoms with Crippen molar-refractivity contribution in [2.24, 2.45) is 0 Å². The van der Waals surface area contributed by atoms with Crippen LogP contribution in [0.3, 0.4) is 0 Å². The maximum absolute atomic E-state index is 12.3. The molecule has 0 saturated carbocycles. The van der Waals surface area contributed by atoms with Crippen LogP contribution >= 0.6 is 15.9 Å². The van der Waals surface area contributed by atoms with Gasteiger partial charge >= 0.3 is 5.97 Å². The van der Waals surface area contributed by atoms with Crippen molar-refractivity contribution >= 4 is 39.2 Å². The van der Waals surface area contributed by atoms with E-state index in [2.05, 4.69) is 21.2 Å². The van der Waals surface area contributed by atoms with Gasteiger partial charge in [-0.3, -0.25) is 4.79 Å². The van der Waals surface area contributed by atoms with Crippen molar-refractivity contribution in [3.8, 4) is 0 Å². The van der Waals surface area contributed by atoms with Gasteiger partial charge in [0.05, 0.1) is 11.3 Å². The number of aryl methyl sites for hydroxylation is 1. The zero-order valence-electron chi connectivity index (χ0n) is 11.2. The van der Waals surface area contributed by atoms with Gasteiger partial charge in [0.2, 0.25) is 0 Å². The second-order valence-corrected chi connectivity index (χ2v) is 5.44. The number of halogens is 1. The molecule has 0 unspecified atom stereocenters. The first-order valence-electron chi connectivity index (χ1n) is 6.09. The van der Waals surface area contributed by atoms with Gasteiger partial charge < -0.3 is 16.2 Å². The number of carboxylic acids is 1. The first kappa shape index (κ1) is 15.1. The second kappa shape index (κ2) is 5.97. The fourth-order valence-corrected chi connectivity index (χ4v) is 2.24. The van der Waals surface area contributed by atoms with Crippen molar-refractivity contribution in [1.82, 2.24) is 0 Å². The van der Waals surface area contributed by atoms with E-state index in [0.717, 1.165) is 10.0 Å². The lowest BCUT2D eigenvalue weighted by atomic mass is 10.1. The number of aromatic carboxylic acids is 1. The molecule has 108 valence electrons. The Morgan fingerprint density at radius 3 is 2.52 bits per heavy atom. The van der Waals surface area contributed by atoms with E-state index in [-0.39, 0.29) is 17.2 Å². The molecule has 0 aliphatic rings. The van der Waals surface area contributed by atoms with Gasteiger partial charge in [0, 0.05) is 15.7 Å². The Hall–Kier alpha value is -2.34. The lowest BCUT2D eigenvalue weighted by molar-refractivity contribution is 0.0698. The van der Waals surface area contributed by atoms with Crippen LogP contribution in [-0.2, 0) is 0 Å². The van der Waals surface area contributed by atoms with Crippen LogP contribution in [-0.4, -0.2) is 17.0 Å². The molecule has 0 aliphatic carbocycles. The maximum Gasteiger partial charge on any atom is 0.337 e. The van der Waals surface area contributed by atoms with Crippen LogP contribution in [0.5, 0.6) is 0 Å². The Kier molecular flexibility index (Phi) is 4.28. The standard InChI is InChI=1S/C15H13BrN2O3/c1-8-2-3-9(16)6-12(8)14(19)18-13-7-10(17)4-5-11(13)15(20)21/h2-7H,17H2,1H3,(H,18,19)(H,20,21).